The van der Waals surface area contributed by atoms with E-state index < -0.39 is 0 Å². The fourth-order valence-electron chi connectivity index (χ4n) is 1.83. The van der Waals surface area contributed by atoms with Gasteiger partial charge < -0.3 is 0 Å². The molecule has 0 N–H and O–H groups in total. The Balaban J connectivity index is 2.99. The van der Waals surface area contributed by atoms with Crippen LogP contribution in [0.1, 0.15) is 77.6 Å². The maximum Gasteiger partial charge on any atom is -0.0351 e. The molecule has 0 amide bonds. The predicted octanol–water partition coefficient (Wildman–Crippen LogP) is 6.04. The molecule has 0 bridgehead atoms. The minimum Gasteiger partial charge on any atom is -0.103 e. The van der Waals surface area contributed by atoms with Crippen LogP contribution in [0.5, 0.6) is 0 Å². The van der Waals surface area contributed by atoms with Gasteiger partial charge in [-0.2, -0.15) is 0 Å². The topological polar surface area (TPSA) is 0 Å². The van der Waals surface area contributed by atoms with Crippen molar-refractivity contribution in [2.45, 2.75) is 77.6 Å². The van der Waals surface area contributed by atoms with Crippen LogP contribution in [0, 0.1) is 0 Å². The lowest BCUT2D eigenvalue weighted by atomic mass is 10.1. The normalized spacial score (nSPS) is 11.1. The molecule has 0 aromatic rings. The zero-order valence-electron chi connectivity index (χ0n) is 11.2. The zero-order chi connectivity index (χ0) is 11.9. The molecule has 16 heavy (non-hydrogen) atoms. The summed E-state index contributed by atoms with van der Waals surface area (Å²) in [5.74, 6) is 0. The summed E-state index contributed by atoms with van der Waals surface area (Å²) < 4.78 is 0. The van der Waals surface area contributed by atoms with Crippen molar-refractivity contribution < 1.29 is 0 Å². The van der Waals surface area contributed by atoms with E-state index in [2.05, 4.69) is 25.7 Å². The molecule has 0 aliphatic carbocycles. The molecule has 0 radical (unpaired) electrons. The van der Waals surface area contributed by atoms with Crippen LogP contribution in [-0.4, -0.2) is 0 Å². The van der Waals surface area contributed by atoms with Gasteiger partial charge in [0.25, 0.3) is 0 Å². The largest absolute Gasteiger partial charge is 0.103 e. The molecule has 0 saturated carbocycles. The molecular formula is C16H30. The summed E-state index contributed by atoms with van der Waals surface area (Å²) in [4.78, 5) is 0. The van der Waals surface area contributed by atoms with Gasteiger partial charge in [0.2, 0.25) is 0 Å². The first-order chi connectivity index (χ1) is 7.91. The Hall–Kier alpha value is -0.520. The molecule has 94 valence electrons. The summed E-state index contributed by atoms with van der Waals surface area (Å²) in [6.45, 7) is 6.00. The molecule has 0 aliphatic heterocycles. The Labute approximate surface area is 103 Å². The predicted molar refractivity (Wildman–Crippen MR) is 75.8 cm³/mol. The molecule has 0 heterocycles. The van der Waals surface area contributed by atoms with Gasteiger partial charge in [-0.05, 0) is 38.5 Å². The SMILES string of the molecule is C=CCCCCCCCC=CCCCCC. The van der Waals surface area contributed by atoms with Crippen LogP contribution in [0.4, 0.5) is 0 Å². The summed E-state index contributed by atoms with van der Waals surface area (Å²) >= 11 is 0. The standard InChI is InChI=1S/C16H30/c1-3-5-7-9-11-13-15-16-14-12-10-8-6-4-2/h3,12,14H,1,4-11,13,15-16H2,2H3. The van der Waals surface area contributed by atoms with E-state index >= 15 is 0 Å². The van der Waals surface area contributed by atoms with Crippen LogP contribution >= 0.6 is 0 Å². The lowest BCUT2D eigenvalue weighted by molar-refractivity contribution is 0.621. The monoisotopic (exact) mass is 222 g/mol. The summed E-state index contributed by atoms with van der Waals surface area (Å²) in [6.07, 6.45) is 21.5. The smallest absolute Gasteiger partial charge is 0.0351 e. The minimum atomic E-state index is 1.19. The minimum absolute atomic E-state index is 1.19. The highest BCUT2D eigenvalue weighted by atomic mass is 13.9. The van der Waals surface area contributed by atoms with Crippen molar-refractivity contribution in [2.24, 2.45) is 0 Å². The van der Waals surface area contributed by atoms with Gasteiger partial charge in [0, 0.05) is 0 Å². The van der Waals surface area contributed by atoms with Crippen LogP contribution in [0.25, 0.3) is 0 Å². The van der Waals surface area contributed by atoms with Gasteiger partial charge in [-0.1, -0.05) is 57.3 Å². The van der Waals surface area contributed by atoms with Crippen LogP contribution in [0.2, 0.25) is 0 Å². The molecule has 0 unspecified atom stereocenters. The van der Waals surface area contributed by atoms with Gasteiger partial charge >= 0.3 is 0 Å². The highest BCUT2D eigenvalue weighted by Crippen LogP contribution is 2.08. The second kappa shape index (κ2) is 14.5. The number of hydrogen-bond donors (Lipinski definition) is 0. The summed E-state index contributed by atoms with van der Waals surface area (Å²) in [7, 11) is 0. The molecule has 0 saturated heterocycles. The first-order valence-electron chi connectivity index (χ1n) is 7.17. The molecule has 0 spiro atoms. The first-order valence-corrected chi connectivity index (χ1v) is 7.17. The van der Waals surface area contributed by atoms with Crippen molar-refractivity contribution >= 4 is 0 Å². The third-order valence-corrected chi connectivity index (χ3v) is 2.92. The van der Waals surface area contributed by atoms with E-state index in [1.807, 2.05) is 6.08 Å². The lowest BCUT2D eigenvalue weighted by Gasteiger charge is -1.98. The number of allylic oxidation sites excluding steroid dienone is 3. The fraction of sp³-hybridized carbons (Fsp3) is 0.750. The van der Waals surface area contributed by atoms with Gasteiger partial charge in [0.15, 0.2) is 0 Å². The van der Waals surface area contributed by atoms with Crippen molar-refractivity contribution in [3.05, 3.63) is 24.8 Å². The Morgan fingerprint density at radius 3 is 1.75 bits per heavy atom. The van der Waals surface area contributed by atoms with E-state index in [0.29, 0.717) is 0 Å². The third-order valence-electron chi connectivity index (χ3n) is 2.92. The van der Waals surface area contributed by atoms with Crippen molar-refractivity contribution in [3.8, 4) is 0 Å². The van der Waals surface area contributed by atoms with Crippen LogP contribution < -0.4 is 0 Å². The fourth-order valence-corrected chi connectivity index (χ4v) is 1.83. The third kappa shape index (κ3) is 13.5. The second-order valence-corrected chi connectivity index (χ2v) is 4.60. The second-order valence-electron chi connectivity index (χ2n) is 4.60. The van der Waals surface area contributed by atoms with Crippen LogP contribution in [0.15, 0.2) is 24.8 Å². The Kier molecular flexibility index (Phi) is 14.0. The van der Waals surface area contributed by atoms with E-state index in [0.717, 1.165) is 0 Å². The van der Waals surface area contributed by atoms with E-state index in [-0.39, 0.29) is 0 Å². The number of unbranched alkanes of at least 4 members (excludes halogenated alkanes) is 9. The molecule has 0 rings (SSSR count). The quantitative estimate of drug-likeness (QED) is 0.279. The maximum atomic E-state index is 3.74. The van der Waals surface area contributed by atoms with Gasteiger partial charge in [-0.15, -0.1) is 6.58 Å². The van der Waals surface area contributed by atoms with E-state index in [1.54, 1.807) is 0 Å². The number of rotatable bonds is 12. The van der Waals surface area contributed by atoms with E-state index in [4.69, 9.17) is 0 Å². The van der Waals surface area contributed by atoms with Gasteiger partial charge in [0.05, 0.1) is 0 Å². The van der Waals surface area contributed by atoms with Crippen molar-refractivity contribution in [1.29, 1.82) is 0 Å². The summed E-state index contributed by atoms with van der Waals surface area (Å²) in [6, 6.07) is 0. The molecule has 0 aliphatic rings. The first kappa shape index (κ1) is 15.5. The number of hydrogen-bond acceptors (Lipinski definition) is 0. The van der Waals surface area contributed by atoms with E-state index in [1.165, 1.54) is 70.6 Å². The van der Waals surface area contributed by atoms with Crippen molar-refractivity contribution in [1.82, 2.24) is 0 Å². The Morgan fingerprint density at radius 2 is 1.19 bits per heavy atom. The average molecular weight is 222 g/mol. The van der Waals surface area contributed by atoms with Crippen molar-refractivity contribution in [2.75, 3.05) is 0 Å². The van der Waals surface area contributed by atoms with Crippen LogP contribution in [0.3, 0.4) is 0 Å². The molecule has 0 nitrogen and oxygen atoms in total. The molecule has 0 aromatic carbocycles. The van der Waals surface area contributed by atoms with Gasteiger partial charge in [0.1, 0.15) is 0 Å². The lowest BCUT2D eigenvalue weighted by Crippen LogP contribution is -1.78. The molecular weight excluding hydrogens is 192 g/mol. The maximum absolute atomic E-state index is 3.74. The molecule has 0 aromatic heterocycles. The highest BCUT2D eigenvalue weighted by Gasteiger charge is 1.88. The van der Waals surface area contributed by atoms with E-state index in [9.17, 15) is 0 Å². The highest BCUT2D eigenvalue weighted by molar-refractivity contribution is 4.81. The molecule has 0 heteroatoms. The van der Waals surface area contributed by atoms with Crippen LogP contribution in [-0.2, 0) is 0 Å². The Bertz CT molecular complexity index is 155. The summed E-state index contributed by atoms with van der Waals surface area (Å²) in [5.41, 5.74) is 0. The van der Waals surface area contributed by atoms with Gasteiger partial charge in [-0.25, -0.2) is 0 Å². The molecule has 0 atom stereocenters. The zero-order valence-corrected chi connectivity index (χ0v) is 11.2. The van der Waals surface area contributed by atoms with Gasteiger partial charge in [-0.3, -0.25) is 0 Å². The average Bonchev–Trinajstić information content (AvgIpc) is 2.31. The summed E-state index contributed by atoms with van der Waals surface area (Å²) in [5, 5.41) is 0. The Morgan fingerprint density at radius 1 is 0.688 bits per heavy atom. The molecule has 0 fully saturated rings. The van der Waals surface area contributed by atoms with Crippen molar-refractivity contribution in [3.63, 3.8) is 0 Å².